The van der Waals surface area contributed by atoms with Crippen molar-refractivity contribution in [2.75, 3.05) is 6.54 Å². The fourth-order valence-corrected chi connectivity index (χ4v) is 3.74. The van der Waals surface area contributed by atoms with E-state index >= 15 is 0 Å². The van der Waals surface area contributed by atoms with Crippen molar-refractivity contribution < 1.29 is 4.39 Å². The molecular weight excluding hydrogens is 329 g/mol. The minimum absolute atomic E-state index is 0.258. The van der Waals surface area contributed by atoms with Crippen LogP contribution in [-0.4, -0.2) is 16.9 Å². The lowest BCUT2D eigenvalue weighted by atomic mass is 10.1. The van der Waals surface area contributed by atoms with Crippen LogP contribution in [0.4, 0.5) is 4.39 Å². The lowest BCUT2D eigenvalue weighted by Gasteiger charge is -2.06. The van der Waals surface area contributed by atoms with Crippen LogP contribution in [0, 0.1) is 5.82 Å². The molecule has 0 saturated heterocycles. The second-order valence-corrected chi connectivity index (χ2v) is 6.62. The summed E-state index contributed by atoms with van der Waals surface area (Å²) in [4.78, 5) is 6.33. The molecule has 0 N–H and O–H groups in total. The first-order valence-electron chi connectivity index (χ1n) is 7.26. The number of benzene rings is 1. The maximum Gasteiger partial charge on any atom is 0.206 e. The zero-order valence-corrected chi connectivity index (χ0v) is 14.5. The Balaban J connectivity index is 2.18. The first-order valence-corrected chi connectivity index (χ1v) is 9.02. The van der Waals surface area contributed by atoms with Crippen LogP contribution < -0.4 is 4.80 Å². The van der Waals surface area contributed by atoms with Gasteiger partial charge in [-0.2, -0.15) is 5.10 Å². The van der Waals surface area contributed by atoms with Crippen LogP contribution in [0.15, 0.2) is 57.3 Å². The molecule has 0 saturated carbocycles. The Morgan fingerprint density at radius 3 is 2.70 bits per heavy atom. The van der Waals surface area contributed by atoms with Gasteiger partial charge in [0.05, 0.1) is 16.3 Å². The Bertz CT molecular complexity index is 889. The van der Waals surface area contributed by atoms with Crippen LogP contribution in [0.5, 0.6) is 0 Å². The molecule has 0 spiro atoms. The van der Waals surface area contributed by atoms with Crippen molar-refractivity contribution in [1.82, 2.24) is 4.68 Å². The van der Waals surface area contributed by atoms with Crippen molar-refractivity contribution >= 4 is 28.4 Å². The number of rotatable bonds is 4. The number of thiazole rings is 1. The van der Waals surface area contributed by atoms with Gasteiger partial charge in [-0.25, -0.2) is 9.07 Å². The lowest BCUT2D eigenvalue weighted by Crippen LogP contribution is -2.14. The Labute approximate surface area is 142 Å². The summed E-state index contributed by atoms with van der Waals surface area (Å²) in [5, 5.41) is 8.61. The fourth-order valence-electron chi connectivity index (χ4n) is 2.18. The molecule has 2 heterocycles. The average molecular weight is 345 g/mol. The monoisotopic (exact) mass is 345 g/mol. The third-order valence-corrected chi connectivity index (χ3v) is 5.09. The van der Waals surface area contributed by atoms with Gasteiger partial charge in [0, 0.05) is 17.5 Å². The summed E-state index contributed by atoms with van der Waals surface area (Å²) >= 11 is 3.10. The Morgan fingerprint density at radius 1 is 1.17 bits per heavy atom. The van der Waals surface area contributed by atoms with E-state index in [1.165, 1.54) is 17.4 Å². The predicted octanol–water partition coefficient (Wildman–Crippen LogP) is 4.61. The van der Waals surface area contributed by atoms with Crippen molar-refractivity contribution in [2.24, 2.45) is 10.1 Å². The first kappa shape index (κ1) is 15.8. The molecular formula is C17H16FN3S2. The summed E-state index contributed by atoms with van der Waals surface area (Å²) in [7, 11) is 0. The van der Waals surface area contributed by atoms with E-state index in [9.17, 15) is 4.39 Å². The smallest absolute Gasteiger partial charge is 0.206 e. The molecule has 3 aromatic rings. The van der Waals surface area contributed by atoms with Gasteiger partial charge in [0.1, 0.15) is 5.82 Å². The quantitative estimate of drug-likeness (QED) is 0.618. The number of hydrogen-bond acceptors (Lipinski definition) is 4. The molecule has 3 rings (SSSR count). The van der Waals surface area contributed by atoms with Gasteiger partial charge in [-0.1, -0.05) is 18.2 Å². The Morgan fingerprint density at radius 2 is 2.00 bits per heavy atom. The molecule has 0 amide bonds. The number of aromatic nitrogens is 1. The van der Waals surface area contributed by atoms with Crippen molar-refractivity contribution in [2.45, 2.75) is 13.8 Å². The predicted molar refractivity (Wildman–Crippen MR) is 95.7 cm³/mol. The molecule has 0 aliphatic carbocycles. The maximum atomic E-state index is 14.2. The summed E-state index contributed by atoms with van der Waals surface area (Å²) in [6.07, 6.45) is 0. The second-order valence-electron chi connectivity index (χ2n) is 4.83. The lowest BCUT2D eigenvalue weighted by molar-refractivity contribution is 0.629. The molecule has 23 heavy (non-hydrogen) atoms. The topological polar surface area (TPSA) is 29.6 Å². The molecule has 6 heteroatoms. The van der Waals surface area contributed by atoms with Gasteiger partial charge in [0.15, 0.2) is 0 Å². The molecule has 0 fully saturated rings. The van der Waals surface area contributed by atoms with Gasteiger partial charge in [0.25, 0.3) is 0 Å². The number of hydrogen-bond donors (Lipinski definition) is 0. The minimum Gasteiger partial charge on any atom is -0.258 e. The van der Waals surface area contributed by atoms with Crippen LogP contribution in [0.3, 0.4) is 0 Å². The van der Waals surface area contributed by atoms with E-state index in [1.54, 1.807) is 28.1 Å². The van der Waals surface area contributed by atoms with Gasteiger partial charge in [-0.05, 0) is 37.4 Å². The molecule has 0 radical (unpaired) electrons. The molecule has 0 atom stereocenters. The second kappa shape index (κ2) is 7.02. The summed E-state index contributed by atoms with van der Waals surface area (Å²) < 4.78 is 15.9. The van der Waals surface area contributed by atoms with Gasteiger partial charge in [-0.3, -0.25) is 4.99 Å². The highest BCUT2D eigenvalue weighted by Crippen LogP contribution is 2.23. The van der Waals surface area contributed by atoms with Crippen LogP contribution in [0.2, 0.25) is 0 Å². The average Bonchev–Trinajstić information content (AvgIpc) is 3.19. The van der Waals surface area contributed by atoms with E-state index in [0.29, 0.717) is 12.1 Å². The highest BCUT2D eigenvalue weighted by atomic mass is 32.1. The number of nitrogens with zero attached hydrogens (tertiary/aromatic N) is 3. The fraction of sp³-hybridized carbons (Fsp3) is 0.176. The van der Waals surface area contributed by atoms with Crippen molar-refractivity contribution in [1.29, 1.82) is 0 Å². The minimum atomic E-state index is -0.258. The van der Waals surface area contributed by atoms with Gasteiger partial charge in [0.2, 0.25) is 4.80 Å². The zero-order chi connectivity index (χ0) is 16.2. The SMILES string of the molecule is CCN=c1scc(-c2ccccc2F)n1N=C(C)c1cccs1. The largest absolute Gasteiger partial charge is 0.258 e. The Kier molecular flexibility index (Phi) is 4.83. The molecule has 0 bridgehead atoms. The number of halogens is 1. The van der Waals surface area contributed by atoms with E-state index in [0.717, 1.165) is 21.1 Å². The van der Waals surface area contributed by atoms with Crippen LogP contribution in [-0.2, 0) is 0 Å². The normalized spacial score (nSPS) is 12.8. The number of thiophene rings is 1. The van der Waals surface area contributed by atoms with E-state index in [2.05, 4.69) is 4.99 Å². The molecule has 0 aliphatic rings. The van der Waals surface area contributed by atoms with Crippen molar-refractivity contribution in [3.63, 3.8) is 0 Å². The van der Waals surface area contributed by atoms with Crippen molar-refractivity contribution in [3.05, 3.63) is 62.7 Å². The van der Waals surface area contributed by atoms with E-state index < -0.39 is 0 Å². The molecule has 1 aromatic carbocycles. The van der Waals surface area contributed by atoms with Crippen LogP contribution >= 0.6 is 22.7 Å². The van der Waals surface area contributed by atoms with Crippen molar-refractivity contribution in [3.8, 4) is 11.3 Å². The highest BCUT2D eigenvalue weighted by Gasteiger charge is 2.12. The molecule has 0 aliphatic heterocycles. The molecule has 118 valence electrons. The molecule has 3 nitrogen and oxygen atoms in total. The molecule has 2 aromatic heterocycles. The van der Waals surface area contributed by atoms with Gasteiger partial charge in [-0.15, -0.1) is 22.7 Å². The summed E-state index contributed by atoms with van der Waals surface area (Å²) in [6.45, 7) is 4.59. The summed E-state index contributed by atoms with van der Waals surface area (Å²) in [5.74, 6) is -0.258. The maximum absolute atomic E-state index is 14.2. The third kappa shape index (κ3) is 3.33. The van der Waals surface area contributed by atoms with Crippen LogP contribution in [0.25, 0.3) is 11.3 Å². The van der Waals surface area contributed by atoms with E-state index in [-0.39, 0.29) is 5.82 Å². The standard InChI is InChI=1S/C17H16FN3S2/c1-3-19-17-21(20-12(2)16-9-6-10-22-16)15(11-23-17)13-7-4-5-8-14(13)18/h4-11H,3H2,1-2H3. The van der Waals surface area contributed by atoms with Crippen LogP contribution in [0.1, 0.15) is 18.7 Å². The van der Waals surface area contributed by atoms with E-state index in [4.69, 9.17) is 5.10 Å². The summed E-state index contributed by atoms with van der Waals surface area (Å²) in [5.41, 5.74) is 2.13. The van der Waals surface area contributed by atoms with Gasteiger partial charge >= 0.3 is 0 Å². The van der Waals surface area contributed by atoms with Gasteiger partial charge < -0.3 is 0 Å². The highest BCUT2D eigenvalue weighted by molar-refractivity contribution is 7.12. The zero-order valence-electron chi connectivity index (χ0n) is 12.9. The third-order valence-electron chi connectivity index (χ3n) is 3.26. The van der Waals surface area contributed by atoms with E-state index in [1.807, 2.05) is 42.8 Å². The Hall–Kier alpha value is -2.05. The summed E-state index contributed by atoms with van der Waals surface area (Å²) in [6, 6.07) is 10.8. The first-order chi connectivity index (χ1) is 11.2. The molecule has 0 unspecified atom stereocenters.